The molecule has 0 radical (unpaired) electrons. The van der Waals surface area contributed by atoms with Crippen molar-refractivity contribution in [1.29, 1.82) is 5.26 Å². The fourth-order valence-electron chi connectivity index (χ4n) is 5.96. The number of piperidine rings is 2. The van der Waals surface area contributed by atoms with Crippen molar-refractivity contribution in [3.8, 4) is 6.07 Å². The molecule has 1 saturated carbocycles. The van der Waals surface area contributed by atoms with Gasteiger partial charge < -0.3 is 19.3 Å². The third-order valence-electron chi connectivity index (χ3n) is 8.11. The van der Waals surface area contributed by atoms with E-state index in [0.29, 0.717) is 22.2 Å². The van der Waals surface area contributed by atoms with E-state index in [1.54, 1.807) is 23.1 Å². The molecule has 1 aliphatic carbocycles. The van der Waals surface area contributed by atoms with Crippen LogP contribution in [0.1, 0.15) is 36.6 Å². The Morgan fingerprint density at radius 1 is 1.14 bits per heavy atom. The van der Waals surface area contributed by atoms with Gasteiger partial charge in [0.05, 0.1) is 16.5 Å². The zero-order valence-corrected chi connectivity index (χ0v) is 19.3. The molecule has 1 aromatic carbocycles. The van der Waals surface area contributed by atoms with Crippen LogP contribution in [0.15, 0.2) is 34.9 Å². The number of carbonyl (C=O) groups is 1. The van der Waals surface area contributed by atoms with Crippen LogP contribution in [0.2, 0.25) is 0 Å². The average Bonchev–Trinajstić information content (AvgIpc) is 3.19. The minimum absolute atomic E-state index is 0.0872. The second kappa shape index (κ2) is 7.53. The van der Waals surface area contributed by atoms with Gasteiger partial charge in [0.25, 0.3) is 5.89 Å². The zero-order chi connectivity index (χ0) is 26.2. The van der Waals surface area contributed by atoms with E-state index >= 15 is 4.39 Å². The maximum atomic E-state index is 15.6. The number of amides is 1. The molecule has 1 amide bonds. The Hall–Kier alpha value is -3.95. The molecule has 0 spiro atoms. The number of benzene rings is 1. The van der Waals surface area contributed by atoms with Crippen LogP contribution in [0.5, 0.6) is 0 Å². The van der Waals surface area contributed by atoms with Crippen LogP contribution < -0.4 is 4.90 Å². The Labute approximate surface area is 207 Å². The molecule has 3 aliphatic rings. The summed E-state index contributed by atoms with van der Waals surface area (Å²) in [5.74, 6) is -0.688. The van der Waals surface area contributed by atoms with Gasteiger partial charge in [-0.05, 0) is 30.7 Å². The monoisotopic (exact) mass is 516 g/mol. The topological polar surface area (TPSA) is 119 Å². The Kier molecular flexibility index (Phi) is 4.77. The largest absolute Gasteiger partial charge is 0.465 e. The maximum absolute atomic E-state index is 15.6. The first-order valence-electron chi connectivity index (χ1n) is 11.6. The third-order valence-corrected chi connectivity index (χ3v) is 8.11. The SMILES string of the molecule is N#Cc1ccc(N2C[C@]3(c4nnc(C5(F)CCN(C(=O)O)CC5)o4)C[C@]3(C(F)(F)F)C2)c2cccnc12. The highest BCUT2D eigenvalue weighted by Gasteiger charge is 2.86. The number of hydrogen-bond acceptors (Lipinski definition) is 7. The molecule has 4 heterocycles. The van der Waals surface area contributed by atoms with Gasteiger partial charge in [0, 0.05) is 56.3 Å². The lowest BCUT2D eigenvalue weighted by Gasteiger charge is -2.32. The van der Waals surface area contributed by atoms with Crippen molar-refractivity contribution in [2.45, 2.75) is 36.5 Å². The van der Waals surface area contributed by atoms with E-state index in [9.17, 15) is 23.2 Å². The molecule has 192 valence electrons. The minimum atomic E-state index is -4.59. The molecule has 0 unspecified atom stereocenters. The quantitative estimate of drug-likeness (QED) is 0.516. The van der Waals surface area contributed by atoms with Gasteiger partial charge in [-0.3, -0.25) is 4.98 Å². The molecule has 3 aromatic rings. The van der Waals surface area contributed by atoms with Crippen molar-refractivity contribution in [3.05, 3.63) is 47.8 Å². The van der Waals surface area contributed by atoms with Crippen molar-refractivity contribution >= 4 is 22.7 Å². The number of likely N-dealkylation sites (tertiary alicyclic amines) is 1. The van der Waals surface area contributed by atoms with Gasteiger partial charge >= 0.3 is 12.3 Å². The van der Waals surface area contributed by atoms with Crippen molar-refractivity contribution in [2.24, 2.45) is 5.41 Å². The number of nitrogens with zero attached hydrogens (tertiary/aromatic N) is 6. The van der Waals surface area contributed by atoms with Crippen molar-refractivity contribution in [1.82, 2.24) is 20.1 Å². The summed E-state index contributed by atoms with van der Waals surface area (Å²) in [7, 11) is 0. The highest BCUT2D eigenvalue weighted by Crippen LogP contribution is 2.75. The number of carboxylic acid groups (broad SMARTS) is 1. The summed E-state index contributed by atoms with van der Waals surface area (Å²) in [6.45, 7) is -0.627. The van der Waals surface area contributed by atoms with E-state index in [0.717, 1.165) is 4.90 Å². The zero-order valence-electron chi connectivity index (χ0n) is 19.3. The van der Waals surface area contributed by atoms with Crippen LogP contribution >= 0.6 is 0 Å². The third kappa shape index (κ3) is 3.20. The van der Waals surface area contributed by atoms with E-state index < -0.39 is 34.7 Å². The molecule has 0 bridgehead atoms. The molecule has 37 heavy (non-hydrogen) atoms. The summed E-state index contributed by atoms with van der Waals surface area (Å²) in [5.41, 5.74) is -4.60. The van der Waals surface area contributed by atoms with Crippen LogP contribution in [0.4, 0.5) is 28.0 Å². The van der Waals surface area contributed by atoms with Crippen LogP contribution in [-0.4, -0.2) is 63.6 Å². The van der Waals surface area contributed by atoms with Gasteiger partial charge in [-0.25, -0.2) is 9.18 Å². The number of anilines is 1. The normalized spacial score (nSPS) is 26.7. The lowest BCUT2D eigenvalue weighted by Crippen LogP contribution is -2.42. The summed E-state index contributed by atoms with van der Waals surface area (Å²) in [4.78, 5) is 18.0. The first-order chi connectivity index (χ1) is 17.5. The van der Waals surface area contributed by atoms with E-state index in [1.807, 2.05) is 0 Å². The average molecular weight is 516 g/mol. The fourth-order valence-corrected chi connectivity index (χ4v) is 5.96. The molecule has 1 N–H and O–H groups in total. The molecule has 3 fully saturated rings. The van der Waals surface area contributed by atoms with Gasteiger partial charge in [0.15, 0.2) is 5.67 Å². The summed E-state index contributed by atoms with van der Waals surface area (Å²) in [6, 6.07) is 8.55. The van der Waals surface area contributed by atoms with E-state index in [2.05, 4.69) is 21.3 Å². The number of alkyl halides is 4. The molecule has 13 heteroatoms. The fraction of sp³-hybridized carbons (Fsp3) is 0.458. The van der Waals surface area contributed by atoms with E-state index in [-0.39, 0.29) is 51.3 Å². The van der Waals surface area contributed by atoms with Crippen LogP contribution in [-0.2, 0) is 11.1 Å². The summed E-state index contributed by atoms with van der Waals surface area (Å²) < 4.78 is 64.7. The van der Waals surface area contributed by atoms with Gasteiger partial charge in [-0.15, -0.1) is 10.2 Å². The molecule has 9 nitrogen and oxygen atoms in total. The molecule has 2 aromatic heterocycles. The number of rotatable bonds is 3. The molecular weight excluding hydrogens is 496 g/mol. The second-order valence-electron chi connectivity index (χ2n) is 9.99. The Balaban J connectivity index is 1.35. The van der Waals surface area contributed by atoms with Crippen LogP contribution in [0.3, 0.4) is 0 Å². The summed E-state index contributed by atoms with van der Waals surface area (Å²) in [5, 5.41) is 26.8. The number of hydrogen-bond donors (Lipinski definition) is 1. The van der Waals surface area contributed by atoms with Crippen LogP contribution in [0.25, 0.3) is 10.9 Å². The highest BCUT2D eigenvalue weighted by molar-refractivity contribution is 5.95. The van der Waals surface area contributed by atoms with Gasteiger partial charge in [-0.2, -0.15) is 18.4 Å². The first kappa shape index (κ1) is 23.4. The predicted octanol–water partition coefficient (Wildman–Crippen LogP) is 4.14. The summed E-state index contributed by atoms with van der Waals surface area (Å²) in [6.07, 6.45) is -4.96. The first-order valence-corrected chi connectivity index (χ1v) is 11.6. The number of aromatic nitrogens is 3. The predicted molar refractivity (Wildman–Crippen MR) is 119 cm³/mol. The van der Waals surface area contributed by atoms with Gasteiger partial charge in [0.2, 0.25) is 5.89 Å². The van der Waals surface area contributed by atoms with Gasteiger partial charge in [0.1, 0.15) is 11.5 Å². The second-order valence-corrected chi connectivity index (χ2v) is 9.99. The standard InChI is InChI=1S/C24H20F4N6O3/c25-22(5-8-33(9-6-22)20(35)36)19-32-31-18(37-19)21-11-23(21,24(26,27)28)13-34(12-21)16-4-3-14(10-29)17-15(16)2-1-7-30-17/h1-4,7H,5-6,8-9,11-13H2,(H,35,36)/t21-,23-/m0/s1. The number of fused-ring (bicyclic) bond motifs is 2. The smallest absolute Gasteiger partial charge is 0.407 e. The van der Waals surface area contributed by atoms with Crippen LogP contribution in [0, 0.1) is 16.7 Å². The lowest BCUT2D eigenvalue weighted by molar-refractivity contribution is -0.187. The molecular formula is C24H20F4N6O3. The van der Waals surface area contributed by atoms with E-state index in [1.165, 1.54) is 12.3 Å². The Morgan fingerprint density at radius 3 is 2.54 bits per heavy atom. The number of halogens is 4. The molecule has 2 saturated heterocycles. The molecule has 2 aliphatic heterocycles. The maximum Gasteiger partial charge on any atom is 0.407 e. The highest BCUT2D eigenvalue weighted by atomic mass is 19.4. The summed E-state index contributed by atoms with van der Waals surface area (Å²) >= 11 is 0. The lowest BCUT2D eigenvalue weighted by atomic mass is 9.93. The Bertz CT molecular complexity index is 1460. The van der Waals surface area contributed by atoms with Gasteiger partial charge in [-0.1, -0.05) is 0 Å². The van der Waals surface area contributed by atoms with Crippen molar-refractivity contribution in [3.63, 3.8) is 0 Å². The van der Waals surface area contributed by atoms with Crippen molar-refractivity contribution in [2.75, 3.05) is 31.1 Å². The van der Waals surface area contributed by atoms with E-state index in [4.69, 9.17) is 9.52 Å². The number of nitriles is 1. The minimum Gasteiger partial charge on any atom is -0.465 e. The van der Waals surface area contributed by atoms with Crippen molar-refractivity contribution < 1.29 is 31.9 Å². The Morgan fingerprint density at radius 2 is 1.86 bits per heavy atom. The molecule has 2 atom stereocenters. The number of pyridine rings is 1. The molecule has 6 rings (SSSR count).